The van der Waals surface area contributed by atoms with E-state index in [9.17, 15) is 0 Å². The lowest BCUT2D eigenvalue weighted by molar-refractivity contribution is 0.484. The maximum Gasteiger partial charge on any atom is 0.103 e. The molecule has 0 saturated carbocycles. The highest BCUT2D eigenvalue weighted by Gasteiger charge is 2.06. The Morgan fingerprint density at radius 2 is 1.80 bits per heavy atom. The zero-order valence-electron chi connectivity index (χ0n) is 11.5. The van der Waals surface area contributed by atoms with Crippen molar-refractivity contribution in [3.8, 4) is 0 Å². The lowest BCUT2D eigenvalue weighted by atomic mass is 9.99. The van der Waals surface area contributed by atoms with Crippen LogP contribution in [-0.2, 0) is 12.8 Å². The molecule has 1 aromatic heterocycles. The minimum absolute atomic E-state index is 0.168. The van der Waals surface area contributed by atoms with E-state index in [1.54, 1.807) is 6.26 Å². The molecule has 2 nitrogen and oxygen atoms in total. The van der Waals surface area contributed by atoms with Crippen LogP contribution in [0.4, 0.5) is 0 Å². The number of aryl methyl sites for hydroxylation is 1. The molecule has 0 spiro atoms. The van der Waals surface area contributed by atoms with E-state index >= 15 is 0 Å². The van der Waals surface area contributed by atoms with Gasteiger partial charge in [-0.25, -0.2) is 0 Å². The van der Waals surface area contributed by atoms with Crippen LogP contribution < -0.4 is 5.73 Å². The summed E-state index contributed by atoms with van der Waals surface area (Å²) in [5, 5.41) is 2.56. The van der Waals surface area contributed by atoms with E-state index in [2.05, 4.69) is 42.5 Å². The summed E-state index contributed by atoms with van der Waals surface area (Å²) in [6, 6.07) is 19.1. The molecule has 3 rings (SSSR count). The summed E-state index contributed by atoms with van der Waals surface area (Å²) in [7, 11) is 0. The minimum Gasteiger partial charge on any atom is -0.469 e. The zero-order chi connectivity index (χ0) is 13.8. The molecule has 0 amide bonds. The summed E-state index contributed by atoms with van der Waals surface area (Å²) < 4.78 is 5.34. The van der Waals surface area contributed by atoms with E-state index in [4.69, 9.17) is 10.2 Å². The monoisotopic (exact) mass is 265 g/mol. The molecule has 20 heavy (non-hydrogen) atoms. The van der Waals surface area contributed by atoms with Crippen molar-refractivity contribution in [1.82, 2.24) is 0 Å². The van der Waals surface area contributed by atoms with Gasteiger partial charge in [0, 0.05) is 12.5 Å². The van der Waals surface area contributed by atoms with Crippen LogP contribution in [0.15, 0.2) is 65.3 Å². The molecule has 2 N–H and O–H groups in total. The molecule has 0 radical (unpaired) electrons. The molecule has 0 bridgehead atoms. The van der Waals surface area contributed by atoms with Gasteiger partial charge in [-0.15, -0.1) is 0 Å². The van der Waals surface area contributed by atoms with Crippen LogP contribution in [0.2, 0.25) is 0 Å². The molecule has 102 valence electrons. The molecule has 0 fully saturated rings. The molecule has 0 aliphatic rings. The third-order valence-corrected chi connectivity index (χ3v) is 3.65. The van der Waals surface area contributed by atoms with E-state index in [-0.39, 0.29) is 6.04 Å². The molecular weight excluding hydrogens is 246 g/mol. The highest BCUT2D eigenvalue weighted by Crippen LogP contribution is 2.17. The molecule has 0 saturated heterocycles. The summed E-state index contributed by atoms with van der Waals surface area (Å²) in [4.78, 5) is 0. The second-order valence-electron chi connectivity index (χ2n) is 5.26. The molecule has 1 heterocycles. The molecule has 3 aromatic rings. The number of fused-ring (bicyclic) bond motifs is 1. The largest absolute Gasteiger partial charge is 0.469 e. The fourth-order valence-electron chi connectivity index (χ4n) is 2.55. The first kappa shape index (κ1) is 12.9. The molecule has 0 aliphatic carbocycles. The fourth-order valence-corrected chi connectivity index (χ4v) is 2.55. The number of hydrogen-bond acceptors (Lipinski definition) is 2. The van der Waals surface area contributed by atoms with E-state index in [1.165, 1.54) is 16.3 Å². The summed E-state index contributed by atoms with van der Waals surface area (Å²) in [5.74, 6) is 1.01. The van der Waals surface area contributed by atoms with Crippen molar-refractivity contribution in [2.24, 2.45) is 5.73 Å². The predicted molar refractivity (Wildman–Crippen MR) is 82.7 cm³/mol. The van der Waals surface area contributed by atoms with Crippen molar-refractivity contribution in [1.29, 1.82) is 0 Å². The van der Waals surface area contributed by atoms with Crippen molar-refractivity contribution < 1.29 is 4.42 Å². The summed E-state index contributed by atoms with van der Waals surface area (Å²) in [6.45, 7) is 0. The van der Waals surface area contributed by atoms with Crippen LogP contribution in [-0.4, -0.2) is 6.04 Å². The third kappa shape index (κ3) is 3.09. The van der Waals surface area contributed by atoms with Gasteiger partial charge in [0.25, 0.3) is 0 Å². The highest BCUT2D eigenvalue weighted by atomic mass is 16.3. The molecule has 2 aromatic carbocycles. The van der Waals surface area contributed by atoms with Gasteiger partial charge in [0.1, 0.15) is 5.76 Å². The SMILES string of the molecule is NC(CCc1ccco1)Cc1ccc2ccccc2c1. The number of nitrogens with two attached hydrogens (primary N) is 1. The van der Waals surface area contributed by atoms with Crippen LogP contribution >= 0.6 is 0 Å². The maximum atomic E-state index is 6.22. The number of furan rings is 1. The minimum atomic E-state index is 0.168. The van der Waals surface area contributed by atoms with Crippen molar-refractivity contribution >= 4 is 10.8 Å². The zero-order valence-corrected chi connectivity index (χ0v) is 11.5. The Kier molecular flexibility index (Phi) is 3.84. The van der Waals surface area contributed by atoms with Crippen LogP contribution in [0.5, 0.6) is 0 Å². The Hall–Kier alpha value is -2.06. The first-order valence-electron chi connectivity index (χ1n) is 7.07. The van der Waals surface area contributed by atoms with E-state index in [0.717, 1.165) is 25.0 Å². The lowest BCUT2D eigenvalue weighted by Crippen LogP contribution is -2.23. The average Bonchev–Trinajstić information content (AvgIpc) is 2.98. The maximum absolute atomic E-state index is 6.22. The Bertz CT molecular complexity index is 673. The molecule has 1 unspecified atom stereocenters. The highest BCUT2D eigenvalue weighted by molar-refractivity contribution is 5.82. The van der Waals surface area contributed by atoms with Gasteiger partial charge >= 0.3 is 0 Å². The smallest absolute Gasteiger partial charge is 0.103 e. The van der Waals surface area contributed by atoms with Crippen molar-refractivity contribution in [2.75, 3.05) is 0 Å². The van der Waals surface area contributed by atoms with Gasteiger partial charge < -0.3 is 10.2 Å². The van der Waals surface area contributed by atoms with Gasteiger partial charge in [0.05, 0.1) is 6.26 Å². The van der Waals surface area contributed by atoms with Gasteiger partial charge in [-0.1, -0.05) is 42.5 Å². The lowest BCUT2D eigenvalue weighted by Gasteiger charge is -2.11. The fraction of sp³-hybridized carbons (Fsp3) is 0.222. The molecular formula is C18H19NO. The second kappa shape index (κ2) is 5.93. The van der Waals surface area contributed by atoms with E-state index in [1.807, 2.05) is 12.1 Å². The summed E-state index contributed by atoms with van der Waals surface area (Å²) >= 11 is 0. The second-order valence-corrected chi connectivity index (χ2v) is 5.26. The predicted octanol–water partition coefficient (Wildman–Crippen LogP) is 3.94. The number of benzene rings is 2. The van der Waals surface area contributed by atoms with Crippen LogP contribution in [0.25, 0.3) is 10.8 Å². The first-order valence-corrected chi connectivity index (χ1v) is 7.07. The van der Waals surface area contributed by atoms with Gasteiger partial charge in [-0.2, -0.15) is 0 Å². The Balaban J connectivity index is 1.63. The van der Waals surface area contributed by atoms with Crippen LogP contribution in [0, 0.1) is 0 Å². The summed E-state index contributed by atoms with van der Waals surface area (Å²) in [6.07, 6.45) is 4.47. The van der Waals surface area contributed by atoms with Crippen molar-refractivity contribution in [2.45, 2.75) is 25.3 Å². The molecule has 1 atom stereocenters. The summed E-state index contributed by atoms with van der Waals surface area (Å²) in [5.41, 5.74) is 7.53. The van der Waals surface area contributed by atoms with Gasteiger partial charge in [0.2, 0.25) is 0 Å². The van der Waals surface area contributed by atoms with Crippen molar-refractivity contribution in [3.05, 3.63) is 72.2 Å². The van der Waals surface area contributed by atoms with Crippen LogP contribution in [0.1, 0.15) is 17.7 Å². The van der Waals surface area contributed by atoms with Gasteiger partial charge in [-0.05, 0) is 41.3 Å². The van der Waals surface area contributed by atoms with Gasteiger partial charge in [0.15, 0.2) is 0 Å². The van der Waals surface area contributed by atoms with E-state index < -0.39 is 0 Å². The topological polar surface area (TPSA) is 39.2 Å². The standard InChI is InChI=1S/C18H19NO/c19-17(9-10-18-6-3-11-20-18)13-14-7-8-15-4-1-2-5-16(15)12-14/h1-8,11-12,17H,9-10,13,19H2. The van der Waals surface area contributed by atoms with Crippen molar-refractivity contribution in [3.63, 3.8) is 0 Å². The third-order valence-electron chi connectivity index (χ3n) is 3.65. The quantitative estimate of drug-likeness (QED) is 0.759. The average molecular weight is 265 g/mol. The Labute approximate surface area is 119 Å². The Morgan fingerprint density at radius 3 is 2.60 bits per heavy atom. The Morgan fingerprint density at radius 1 is 0.950 bits per heavy atom. The van der Waals surface area contributed by atoms with E-state index in [0.29, 0.717) is 0 Å². The normalized spacial score (nSPS) is 12.7. The first-order chi connectivity index (χ1) is 9.81. The van der Waals surface area contributed by atoms with Crippen LogP contribution in [0.3, 0.4) is 0 Å². The number of rotatable bonds is 5. The molecule has 0 aliphatic heterocycles. The number of hydrogen-bond donors (Lipinski definition) is 1. The van der Waals surface area contributed by atoms with Gasteiger partial charge in [-0.3, -0.25) is 0 Å². The molecule has 2 heteroatoms.